The number of fused-ring (bicyclic) bond motifs is 1. The second-order valence-electron chi connectivity index (χ2n) is 6.27. The van der Waals surface area contributed by atoms with Gasteiger partial charge in [-0.15, -0.1) is 0 Å². The van der Waals surface area contributed by atoms with Crippen molar-refractivity contribution in [2.45, 2.75) is 51.7 Å². The molecule has 0 unspecified atom stereocenters. The molecule has 0 aromatic carbocycles. The van der Waals surface area contributed by atoms with E-state index in [0.29, 0.717) is 6.54 Å². The number of carbonyl (C=O) groups excluding carboxylic acids is 1. The van der Waals surface area contributed by atoms with E-state index in [9.17, 15) is 4.79 Å². The maximum atomic E-state index is 12.6. The van der Waals surface area contributed by atoms with Crippen LogP contribution in [0.1, 0.15) is 45.6 Å². The molecule has 7 nitrogen and oxygen atoms in total. The fourth-order valence-electron chi connectivity index (χ4n) is 3.34. The summed E-state index contributed by atoms with van der Waals surface area (Å²) in [5.41, 5.74) is 1.67. The fraction of sp³-hybridized carbons (Fsp3) is 0.688. The average molecular weight is 319 g/mol. The summed E-state index contributed by atoms with van der Waals surface area (Å²) in [5, 5.41) is 7.28. The molecule has 3 heterocycles. The van der Waals surface area contributed by atoms with Crippen LogP contribution in [0.2, 0.25) is 0 Å². The number of allylic oxidation sites excluding steroid dienone is 1. The van der Waals surface area contributed by atoms with Gasteiger partial charge >= 0.3 is 0 Å². The quantitative estimate of drug-likeness (QED) is 0.913. The lowest BCUT2D eigenvalue weighted by atomic mass is 10.0. The first-order valence-electron chi connectivity index (χ1n) is 8.33. The zero-order valence-corrected chi connectivity index (χ0v) is 14.1. The summed E-state index contributed by atoms with van der Waals surface area (Å²) in [6.45, 7) is 5.42. The maximum Gasteiger partial charge on any atom is 0.251 e. The minimum Gasteiger partial charge on any atom is -0.378 e. The SMILES string of the molecule is CC1=C(C(=O)NCC[C@@H]2CCCCO2)[C@@H](C)n2ncnc2N1C. The highest BCUT2D eigenvalue weighted by molar-refractivity contribution is 5.96. The monoisotopic (exact) mass is 319 g/mol. The molecule has 2 atom stereocenters. The Balaban J connectivity index is 1.63. The third-order valence-corrected chi connectivity index (χ3v) is 4.80. The number of nitrogens with one attached hydrogen (secondary N) is 1. The van der Waals surface area contributed by atoms with E-state index >= 15 is 0 Å². The molecular formula is C16H25N5O2. The molecule has 0 radical (unpaired) electrons. The molecule has 126 valence electrons. The number of hydrogen-bond donors (Lipinski definition) is 1. The first kappa shape index (κ1) is 16.0. The Labute approximate surface area is 136 Å². The molecule has 7 heteroatoms. The van der Waals surface area contributed by atoms with Crippen molar-refractivity contribution in [1.82, 2.24) is 20.1 Å². The number of rotatable bonds is 4. The molecule has 2 aliphatic heterocycles. The van der Waals surface area contributed by atoms with Crippen molar-refractivity contribution in [1.29, 1.82) is 0 Å². The van der Waals surface area contributed by atoms with E-state index in [2.05, 4.69) is 15.4 Å². The van der Waals surface area contributed by atoms with Gasteiger partial charge in [-0.2, -0.15) is 10.1 Å². The Morgan fingerprint density at radius 3 is 3.04 bits per heavy atom. The van der Waals surface area contributed by atoms with E-state index in [1.807, 2.05) is 25.8 Å². The van der Waals surface area contributed by atoms with Crippen LogP contribution in [-0.2, 0) is 9.53 Å². The molecule has 1 amide bonds. The number of ether oxygens (including phenoxy) is 1. The lowest BCUT2D eigenvalue weighted by molar-refractivity contribution is -0.118. The zero-order valence-electron chi connectivity index (χ0n) is 14.1. The predicted molar refractivity (Wildman–Crippen MR) is 87.1 cm³/mol. The van der Waals surface area contributed by atoms with Gasteiger partial charge < -0.3 is 15.0 Å². The van der Waals surface area contributed by atoms with Gasteiger partial charge in [0, 0.05) is 25.9 Å². The van der Waals surface area contributed by atoms with Crippen molar-refractivity contribution in [3.63, 3.8) is 0 Å². The topological polar surface area (TPSA) is 72.3 Å². The maximum absolute atomic E-state index is 12.6. The number of aromatic nitrogens is 3. The number of hydrogen-bond acceptors (Lipinski definition) is 5. The van der Waals surface area contributed by atoms with Gasteiger partial charge in [0.15, 0.2) is 0 Å². The summed E-state index contributed by atoms with van der Waals surface area (Å²) in [6, 6.07) is -0.116. The fourth-order valence-corrected chi connectivity index (χ4v) is 3.34. The molecule has 1 fully saturated rings. The van der Waals surface area contributed by atoms with Crippen LogP contribution in [-0.4, -0.2) is 47.0 Å². The van der Waals surface area contributed by atoms with Crippen molar-refractivity contribution in [3.05, 3.63) is 17.6 Å². The highest BCUT2D eigenvalue weighted by Gasteiger charge is 2.31. The third kappa shape index (κ3) is 3.10. The molecule has 1 aromatic heterocycles. The minimum atomic E-state index is -0.116. The lowest BCUT2D eigenvalue weighted by Gasteiger charge is -2.31. The summed E-state index contributed by atoms with van der Waals surface area (Å²) in [7, 11) is 1.91. The van der Waals surface area contributed by atoms with Gasteiger partial charge in [-0.1, -0.05) is 0 Å². The van der Waals surface area contributed by atoms with Crippen molar-refractivity contribution < 1.29 is 9.53 Å². The van der Waals surface area contributed by atoms with Crippen LogP contribution in [0.3, 0.4) is 0 Å². The minimum absolute atomic E-state index is 0.0289. The van der Waals surface area contributed by atoms with E-state index < -0.39 is 0 Å². The molecular weight excluding hydrogens is 294 g/mol. The van der Waals surface area contributed by atoms with Crippen LogP contribution in [0.25, 0.3) is 0 Å². The van der Waals surface area contributed by atoms with Crippen molar-refractivity contribution >= 4 is 11.9 Å². The van der Waals surface area contributed by atoms with Gasteiger partial charge in [-0.3, -0.25) is 4.79 Å². The van der Waals surface area contributed by atoms with Crippen molar-refractivity contribution in [2.75, 3.05) is 25.1 Å². The molecule has 0 spiro atoms. The van der Waals surface area contributed by atoms with Gasteiger partial charge in [-0.05, 0) is 39.5 Å². The normalized spacial score (nSPS) is 24.6. The summed E-state index contributed by atoms with van der Waals surface area (Å²) >= 11 is 0. The number of amides is 1. The predicted octanol–water partition coefficient (Wildman–Crippen LogP) is 1.64. The van der Waals surface area contributed by atoms with Crippen LogP contribution < -0.4 is 10.2 Å². The first-order valence-corrected chi connectivity index (χ1v) is 8.33. The number of carbonyl (C=O) groups is 1. The zero-order chi connectivity index (χ0) is 16.4. The Morgan fingerprint density at radius 2 is 2.30 bits per heavy atom. The summed E-state index contributed by atoms with van der Waals surface area (Å²) in [5.74, 6) is 0.737. The Bertz CT molecular complexity index is 603. The summed E-state index contributed by atoms with van der Waals surface area (Å²) in [6.07, 6.45) is 6.15. The second-order valence-corrected chi connectivity index (χ2v) is 6.27. The third-order valence-electron chi connectivity index (χ3n) is 4.80. The highest BCUT2D eigenvalue weighted by Crippen LogP contribution is 2.32. The number of anilines is 1. The van der Waals surface area contributed by atoms with Crippen LogP contribution in [0.5, 0.6) is 0 Å². The Kier molecular flexibility index (Phi) is 4.66. The van der Waals surface area contributed by atoms with E-state index in [1.165, 1.54) is 12.7 Å². The van der Waals surface area contributed by atoms with Gasteiger partial charge in [0.1, 0.15) is 6.33 Å². The van der Waals surface area contributed by atoms with Crippen LogP contribution in [0, 0.1) is 0 Å². The van der Waals surface area contributed by atoms with Gasteiger partial charge in [0.05, 0.1) is 17.7 Å². The van der Waals surface area contributed by atoms with Crippen LogP contribution >= 0.6 is 0 Å². The smallest absolute Gasteiger partial charge is 0.251 e. The van der Waals surface area contributed by atoms with E-state index in [1.54, 1.807) is 4.68 Å². The molecule has 2 aliphatic rings. The van der Waals surface area contributed by atoms with E-state index in [4.69, 9.17) is 4.74 Å². The van der Waals surface area contributed by atoms with E-state index in [-0.39, 0.29) is 18.1 Å². The standard InChI is InChI=1S/C16H25N5O2/c1-11-14(12(2)21-16(20(11)3)18-10-19-21)15(22)17-8-7-13-6-4-5-9-23-13/h10,12-13H,4-9H2,1-3H3,(H,17,22)/t12-,13+/m1/s1. The van der Waals surface area contributed by atoms with E-state index in [0.717, 1.165) is 43.1 Å². The van der Waals surface area contributed by atoms with Gasteiger partial charge in [-0.25, -0.2) is 4.68 Å². The van der Waals surface area contributed by atoms with Gasteiger partial charge in [0.2, 0.25) is 5.95 Å². The molecule has 0 aliphatic carbocycles. The molecule has 0 saturated carbocycles. The highest BCUT2D eigenvalue weighted by atomic mass is 16.5. The molecule has 3 rings (SSSR count). The van der Waals surface area contributed by atoms with Crippen molar-refractivity contribution in [3.8, 4) is 0 Å². The molecule has 1 aromatic rings. The molecule has 0 bridgehead atoms. The Hall–Kier alpha value is -1.89. The molecule has 1 saturated heterocycles. The van der Waals surface area contributed by atoms with Crippen LogP contribution in [0.4, 0.5) is 5.95 Å². The lowest BCUT2D eigenvalue weighted by Crippen LogP contribution is -2.38. The molecule has 1 N–H and O–H groups in total. The summed E-state index contributed by atoms with van der Waals surface area (Å²) < 4.78 is 7.49. The number of nitrogens with zero attached hydrogens (tertiary/aromatic N) is 4. The first-order chi connectivity index (χ1) is 11.1. The largest absolute Gasteiger partial charge is 0.378 e. The van der Waals surface area contributed by atoms with Crippen molar-refractivity contribution in [2.24, 2.45) is 0 Å². The Morgan fingerprint density at radius 1 is 1.48 bits per heavy atom. The second kappa shape index (κ2) is 6.70. The van der Waals surface area contributed by atoms with Crippen LogP contribution in [0.15, 0.2) is 17.6 Å². The summed E-state index contributed by atoms with van der Waals surface area (Å²) in [4.78, 5) is 18.8. The average Bonchev–Trinajstić information content (AvgIpc) is 3.04. The molecule has 23 heavy (non-hydrogen) atoms. The van der Waals surface area contributed by atoms with Gasteiger partial charge in [0.25, 0.3) is 5.91 Å².